The van der Waals surface area contributed by atoms with Crippen LogP contribution in [0.3, 0.4) is 0 Å². The fourth-order valence-electron chi connectivity index (χ4n) is 1.91. The Labute approximate surface area is 107 Å². The molecule has 4 nitrogen and oxygen atoms in total. The molecule has 1 aromatic heterocycles. The molecule has 0 aromatic carbocycles. The predicted octanol–water partition coefficient (Wildman–Crippen LogP) is 2.31. The van der Waals surface area contributed by atoms with E-state index in [0.717, 1.165) is 25.9 Å². The number of halogens is 3. The summed E-state index contributed by atoms with van der Waals surface area (Å²) in [7, 11) is 2.07. The van der Waals surface area contributed by atoms with Crippen LogP contribution in [0.4, 0.5) is 18.3 Å². The SMILES string of the molecule is CN1CCC(CNc2nnc(C(F)(F)F)s2)CC1. The monoisotopic (exact) mass is 280 g/mol. The summed E-state index contributed by atoms with van der Waals surface area (Å²) in [6.45, 7) is 2.74. The summed E-state index contributed by atoms with van der Waals surface area (Å²) in [4.78, 5) is 2.25. The summed E-state index contributed by atoms with van der Waals surface area (Å²) < 4.78 is 36.9. The van der Waals surface area contributed by atoms with Crippen molar-refractivity contribution in [1.82, 2.24) is 15.1 Å². The van der Waals surface area contributed by atoms with Gasteiger partial charge in [-0.05, 0) is 38.9 Å². The zero-order chi connectivity index (χ0) is 13.2. The maximum absolute atomic E-state index is 12.3. The van der Waals surface area contributed by atoms with Gasteiger partial charge in [0.25, 0.3) is 0 Å². The first kappa shape index (κ1) is 13.5. The minimum atomic E-state index is -4.40. The van der Waals surface area contributed by atoms with Crippen molar-refractivity contribution in [3.8, 4) is 0 Å². The van der Waals surface area contributed by atoms with Crippen molar-refractivity contribution in [2.75, 3.05) is 32.0 Å². The van der Waals surface area contributed by atoms with E-state index < -0.39 is 11.2 Å². The summed E-state index contributed by atoms with van der Waals surface area (Å²) in [5.74, 6) is 0.499. The number of nitrogens with one attached hydrogen (secondary N) is 1. The maximum Gasteiger partial charge on any atom is 0.445 e. The molecule has 1 saturated heterocycles. The van der Waals surface area contributed by atoms with E-state index in [9.17, 15) is 13.2 Å². The van der Waals surface area contributed by atoms with E-state index in [1.165, 1.54) is 0 Å². The van der Waals surface area contributed by atoms with Gasteiger partial charge in [-0.3, -0.25) is 0 Å². The molecule has 0 bridgehead atoms. The lowest BCUT2D eigenvalue weighted by atomic mass is 9.97. The number of anilines is 1. The molecule has 0 atom stereocenters. The Hall–Kier alpha value is -0.890. The van der Waals surface area contributed by atoms with Crippen LogP contribution in [0.1, 0.15) is 17.8 Å². The molecule has 0 unspecified atom stereocenters. The van der Waals surface area contributed by atoms with Gasteiger partial charge in [-0.1, -0.05) is 11.3 Å². The normalized spacial score (nSPS) is 19.1. The quantitative estimate of drug-likeness (QED) is 0.922. The zero-order valence-electron chi connectivity index (χ0n) is 10.00. The Morgan fingerprint density at radius 1 is 1.33 bits per heavy atom. The minimum absolute atomic E-state index is 0.251. The molecule has 0 amide bonds. The summed E-state index contributed by atoms with van der Waals surface area (Å²) in [5, 5.41) is 8.95. The van der Waals surface area contributed by atoms with Crippen molar-refractivity contribution in [2.45, 2.75) is 19.0 Å². The second-order valence-corrected chi connectivity index (χ2v) is 5.52. The van der Waals surface area contributed by atoms with Gasteiger partial charge >= 0.3 is 6.18 Å². The van der Waals surface area contributed by atoms with E-state index in [1.807, 2.05) is 0 Å². The fourth-order valence-corrected chi connectivity index (χ4v) is 2.52. The Balaban J connectivity index is 1.82. The molecule has 1 aliphatic heterocycles. The van der Waals surface area contributed by atoms with Crippen LogP contribution in [0.2, 0.25) is 0 Å². The molecule has 2 rings (SSSR count). The zero-order valence-corrected chi connectivity index (χ0v) is 10.8. The summed E-state index contributed by atoms with van der Waals surface area (Å²) >= 11 is 0.560. The topological polar surface area (TPSA) is 41.0 Å². The van der Waals surface area contributed by atoms with Gasteiger partial charge in [0.2, 0.25) is 10.1 Å². The lowest BCUT2D eigenvalue weighted by molar-refractivity contribution is -0.138. The van der Waals surface area contributed by atoms with Crippen molar-refractivity contribution in [3.63, 3.8) is 0 Å². The van der Waals surface area contributed by atoms with Crippen LogP contribution in [0.25, 0.3) is 0 Å². The number of nitrogens with zero attached hydrogens (tertiary/aromatic N) is 3. The highest BCUT2D eigenvalue weighted by molar-refractivity contribution is 7.15. The van der Waals surface area contributed by atoms with Crippen molar-refractivity contribution in [1.29, 1.82) is 0 Å². The molecule has 1 N–H and O–H groups in total. The number of piperidine rings is 1. The number of rotatable bonds is 3. The fraction of sp³-hybridized carbons (Fsp3) is 0.800. The van der Waals surface area contributed by atoms with Crippen LogP contribution in [-0.4, -0.2) is 41.8 Å². The summed E-state index contributed by atoms with van der Waals surface area (Å²) in [5.41, 5.74) is 0. The molecule has 1 aliphatic rings. The van der Waals surface area contributed by atoms with Gasteiger partial charge in [-0.15, -0.1) is 10.2 Å². The molecular weight excluding hydrogens is 265 g/mol. The Morgan fingerprint density at radius 2 is 2.00 bits per heavy atom. The Morgan fingerprint density at radius 3 is 2.56 bits per heavy atom. The van der Waals surface area contributed by atoms with Gasteiger partial charge in [-0.2, -0.15) is 13.2 Å². The van der Waals surface area contributed by atoms with E-state index in [0.29, 0.717) is 23.8 Å². The van der Waals surface area contributed by atoms with E-state index in [-0.39, 0.29) is 5.13 Å². The maximum atomic E-state index is 12.3. The van der Waals surface area contributed by atoms with Crippen LogP contribution < -0.4 is 5.32 Å². The Kier molecular flexibility index (Phi) is 4.06. The van der Waals surface area contributed by atoms with Crippen LogP contribution in [0.15, 0.2) is 0 Å². The second kappa shape index (κ2) is 5.40. The first-order valence-electron chi connectivity index (χ1n) is 5.78. The summed E-state index contributed by atoms with van der Waals surface area (Å²) in [6.07, 6.45) is -2.27. The second-order valence-electron chi connectivity index (χ2n) is 4.54. The minimum Gasteiger partial charge on any atom is -0.360 e. The number of hydrogen-bond donors (Lipinski definition) is 1. The largest absolute Gasteiger partial charge is 0.445 e. The van der Waals surface area contributed by atoms with Crippen LogP contribution in [-0.2, 0) is 6.18 Å². The van der Waals surface area contributed by atoms with Gasteiger partial charge in [-0.25, -0.2) is 0 Å². The highest BCUT2D eigenvalue weighted by atomic mass is 32.1. The highest BCUT2D eigenvalue weighted by Gasteiger charge is 2.35. The lowest BCUT2D eigenvalue weighted by Crippen LogP contribution is -2.32. The molecule has 1 fully saturated rings. The van der Waals surface area contributed by atoms with Gasteiger partial charge < -0.3 is 10.2 Å². The van der Waals surface area contributed by atoms with E-state index in [4.69, 9.17) is 0 Å². The third kappa shape index (κ3) is 3.55. The van der Waals surface area contributed by atoms with Crippen LogP contribution in [0.5, 0.6) is 0 Å². The average molecular weight is 280 g/mol. The summed E-state index contributed by atoms with van der Waals surface area (Å²) in [6, 6.07) is 0. The number of hydrogen-bond acceptors (Lipinski definition) is 5. The van der Waals surface area contributed by atoms with Crippen LogP contribution >= 0.6 is 11.3 Å². The molecule has 0 radical (unpaired) electrons. The van der Waals surface area contributed by atoms with Gasteiger partial charge in [0, 0.05) is 6.54 Å². The first-order chi connectivity index (χ1) is 8.45. The Bertz CT molecular complexity index is 385. The lowest BCUT2D eigenvalue weighted by Gasteiger charge is -2.28. The van der Waals surface area contributed by atoms with Crippen molar-refractivity contribution in [3.05, 3.63) is 5.01 Å². The van der Waals surface area contributed by atoms with Gasteiger partial charge in [0.05, 0.1) is 0 Å². The molecule has 0 aliphatic carbocycles. The number of alkyl halides is 3. The van der Waals surface area contributed by atoms with E-state index in [2.05, 4.69) is 27.5 Å². The third-order valence-electron chi connectivity index (χ3n) is 3.05. The third-order valence-corrected chi connectivity index (χ3v) is 3.97. The smallest absolute Gasteiger partial charge is 0.360 e. The van der Waals surface area contributed by atoms with Crippen LogP contribution in [0, 0.1) is 5.92 Å². The number of aromatic nitrogens is 2. The standard InChI is InChI=1S/C10H15F3N4S/c1-17-4-2-7(3-5-17)6-14-9-16-15-8(18-9)10(11,12)13/h7H,2-6H2,1H3,(H,14,16). The average Bonchev–Trinajstić information content (AvgIpc) is 2.77. The van der Waals surface area contributed by atoms with E-state index >= 15 is 0 Å². The molecule has 102 valence electrons. The molecule has 18 heavy (non-hydrogen) atoms. The van der Waals surface area contributed by atoms with Crippen molar-refractivity contribution >= 4 is 16.5 Å². The van der Waals surface area contributed by atoms with Crippen molar-refractivity contribution in [2.24, 2.45) is 5.92 Å². The molecule has 8 heteroatoms. The van der Waals surface area contributed by atoms with E-state index in [1.54, 1.807) is 0 Å². The first-order valence-corrected chi connectivity index (χ1v) is 6.60. The number of likely N-dealkylation sites (tertiary alicyclic amines) is 1. The molecule has 0 spiro atoms. The van der Waals surface area contributed by atoms with Gasteiger partial charge in [0.15, 0.2) is 0 Å². The molecule has 1 aromatic rings. The van der Waals surface area contributed by atoms with Gasteiger partial charge in [0.1, 0.15) is 0 Å². The van der Waals surface area contributed by atoms with Crippen molar-refractivity contribution < 1.29 is 13.2 Å². The highest BCUT2D eigenvalue weighted by Crippen LogP contribution is 2.33. The molecule has 2 heterocycles. The molecular formula is C10H15F3N4S. The molecule has 0 saturated carbocycles. The predicted molar refractivity (Wildman–Crippen MR) is 63.6 cm³/mol.